The molecule has 0 unspecified atom stereocenters. The van der Waals surface area contributed by atoms with Crippen molar-refractivity contribution >= 4 is 43.5 Å². The molecule has 2 aliphatic rings. The van der Waals surface area contributed by atoms with Crippen molar-refractivity contribution in [1.29, 1.82) is 0 Å². The monoisotopic (exact) mass is 906 g/mol. The van der Waals surface area contributed by atoms with Crippen LogP contribution in [0.2, 0.25) is 0 Å². The van der Waals surface area contributed by atoms with Crippen LogP contribution in [0.1, 0.15) is 57.9 Å². The third-order valence-corrected chi connectivity index (χ3v) is 11.9. The molecule has 20 heteroatoms. The van der Waals surface area contributed by atoms with Gasteiger partial charge in [0.15, 0.2) is 0 Å². The van der Waals surface area contributed by atoms with Crippen LogP contribution in [0.3, 0.4) is 0 Å². The van der Waals surface area contributed by atoms with Gasteiger partial charge in [-0.05, 0) is 124 Å². The highest BCUT2D eigenvalue weighted by molar-refractivity contribution is 7.90. The number of fused-ring (bicyclic) bond motifs is 2. The van der Waals surface area contributed by atoms with E-state index in [2.05, 4.69) is 46.3 Å². The molecule has 6 aromatic rings. The highest BCUT2D eigenvalue weighted by atomic mass is 32.2. The molecule has 4 heterocycles. The minimum atomic E-state index is -4.24. The lowest BCUT2D eigenvalue weighted by molar-refractivity contribution is 0.256. The number of carbonyl (C=O) groups excluding carboxylic acids is 2. The van der Waals surface area contributed by atoms with Crippen LogP contribution in [0, 0.1) is 27.7 Å². The maximum atomic E-state index is 12.8. The quantitative estimate of drug-likeness (QED) is 0.0839. The van der Waals surface area contributed by atoms with E-state index in [9.17, 15) is 26.4 Å². The number of nitrogens with one attached hydrogen (secondary N) is 2. The number of sulfonamides is 2. The molecule has 0 fully saturated rings. The molecule has 2 aromatic carbocycles. The zero-order valence-corrected chi connectivity index (χ0v) is 37.6. The first-order chi connectivity index (χ1) is 30.5. The second-order valence-corrected chi connectivity index (χ2v) is 17.8. The van der Waals surface area contributed by atoms with E-state index in [4.69, 9.17) is 14.6 Å². The minimum Gasteiger partial charge on any atom is -0.481 e. The number of anilines is 1. The third-order valence-electron chi connectivity index (χ3n) is 10.1. The second kappa shape index (κ2) is 20.0. The molecular weight excluding hydrogens is 861 g/mol. The summed E-state index contributed by atoms with van der Waals surface area (Å²) in [6.07, 6.45) is 10.8. The summed E-state index contributed by atoms with van der Waals surface area (Å²) < 4.78 is 59.4. The van der Waals surface area contributed by atoms with Gasteiger partial charge in [-0.2, -0.15) is 13.4 Å². The van der Waals surface area contributed by atoms with E-state index < -0.39 is 31.2 Å². The van der Waals surface area contributed by atoms with Crippen LogP contribution >= 0.6 is 0 Å². The molecule has 2 aliphatic carbocycles. The van der Waals surface area contributed by atoms with Gasteiger partial charge in [-0.25, -0.2) is 57.8 Å². The van der Waals surface area contributed by atoms with Gasteiger partial charge in [-0.1, -0.05) is 24.3 Å². The Morgan fingerprint density at radius 2 is 1.16 bits per heavy atom. The molecule has 0 radical (unpaired) electrons. The lowest BCUT2D eigenvalue weighted by atomic mass is 9.98. The fourth-order valence-corrected chi connectivity index (χ4v) is 8.88. The van der Waals surface area contributed by atoms with Crippen molar-refractivity contribution in [2.45, 2.75) is 76.5 Å². The van der Waals surface area contributed by atoms with Crippen molar-refractivity contribution in [3.8, 4) is 34.0 Å². The number of isocyanates is 1. The molecule has 332 valence electrons. The molecule has 0 saturated heterocycles. The maximum absolute atomic E-state index is 12.8. The van der Waals surface area contributed by atoms with Crippen molar-refractivity contribution in [3.63, 3.8) is 0 Å². The number of carbonyl (C=O) groups is 1. The molecule has 64 heavy (non-hydrogen) atoms. The van der Waals surface area contributed by atoms with Gasteiger partial charge in [-0.15, -0.1) is 0 Å². The number of ether oxygens (including phenoxy) is 2. The fourth-order valence-electron chi connectivity index (χ4n) is 7.42. The molecule has 18 nitrogen and oxygen atoms in total. The fraction of sp³-hybridized carbons (Fsp3) is 0.273. The molecule has 0 aliphatic heterocycles. The zero-order chi connectivity index (χ0) is 46.2. The van der Waals surface area contributed by atoms with E-state index in [1.54, 1.807) is 71.5 Å². The Bertz CT molecular complexity index is 2970. The maximum Gasteiger partial charge on any atom is 0.333 e. The van der Waals surface area contributed by atoms with Gasteiger partial charge in [-0.3, -0.25) is 0 Å². The normalized spacial score (nSPS) is 12.5. The number of aliphatic imine (C=N–C) groups is 1. The number of benzene rings is 2. The molecule has 8 rings (SSSR count). The molecule has 0 spiro atoms. The molecule has 0 atom stereocenters. The summed E-state index contributed by atoms with van der Waals surface area (Å²) in [5, 5.41) is 6.84. The van der Waals surface area contributed by atoms with E-state index in [-0.39, 0.29) is 5.16 Å². The second-order valence-electron chi connectivity index (χ2n) is 14.8. The van der Waals surface area contributed by atoms with Crippen LogP contribution in [-0.2, 0) is 50.5 Å². The minimum absolute atomic E-state index is 0.319. The number of hydrogen-bond acceptors (Lipinski definition) is 15. The van der Waals surface area contributed by atoms with Crippen molar-refractivity contribution in [3.05, 3.63) is 118 Å². The van der Waals surface area contributed by atoms with Crippen LogP contribution < -0.4 is 24.7 Å². The van der Waals surface area contributed by atoms with E-state index >= 15 is 0 Å². The first kappa shape index (κ1) is 46.5. The van der Waals surface area contributed by atoms with Gasteiger partial charge in [0.25, 0.3) is 20.3 Å². The number of hydrogen-bond donors (Lipinski definition) is 3. The molecule has 0 saturated carbocycles. The Morgan fingerprint density at radius 3 is 1.67 bits per heavy atom. The number of nitrogens with zero attached hydrogens (tertiary/aromatic N) is 7. The summed E-state index contributed by atoms with van der Waals surface area (Å²) >= 11 is 0. The van der Waals surface area contributed by atoms with E-state index in [0.717, 1.165) is 77.6 Å². The molecule has 2 amide bonds. The van der Waals surface area contributed by atoms with Gasteiger partial charge in [0.1, 0.15) is 0 Å². The van der Waals surface area contributed by atoms with Crippen molar-refractivity contribution in [1.82, 2.24) is 34.6 Å². The number of aromatic nitrogens is 6. The number of urea groups is 1. The SMILES string of the molecule is COc1cc(-c2ccc3c(c2N=C=O)CCC3)ccn1.COc1cc(-c2ccc3c(c2NC(=O)NS(=O)(=O)c2nc(C)cc(C)n2)CCC3)ccn1.Cc1cc(C)nc(S(N)(=O)=O)n1. The Labute approximate surface area is 371 Å². The summed E-state index contributed by atoms with van der Waals surface area (Å²) in [7, 11) is -4.90. The summed E-state index contributed by atoms with van der Waals surface area (Å²) in [5.74, 6) is 0.983. The van der Waals surface area contributed by atoms with Crippen LogP contribution in [0.15, 0.2) is 88.4 Å². The van der Waals surface area contributed by atoms with Crippen LogP contribution in [0.25, 0.3) is 22.3 Å². The Balaban J connectivity index is 0.000000180. The number of primary sulfonamides is 1. The van der Waals surface area contributed by atoms with Gasteiger partial charge in [0, 0.05) is 58.4 Å². The molecule has 4 N–H and O–H groups in total. The van der Waals surface area contributed by atoms with Crippen molar-refractivity contribution in [2.75, 3.05) is 19.5 Å². The molecule has 4 aromatic heterocycles. The van der Waals surface area contributed by atoms with E-state index in [1.165, 1.54) is 18.2 Å². The van der Waals surface area contributed by atoms with Crippen LogP contribution in [0.4, 0.5) is 16.2 Å². The van der Waals surface area contributed by atoms with Gasteiger partial charge in [0.05, 0.1) is 25.6 Å². The summed E-state index contributed by atoms with van der Waals surface area (Å²) in [6, 6.07) is 17.8. The topological polar surface area (TPSA) is 261 Å². The number of rotatable bonds is 9. The highest BCUT2D eigenvalue weighted by Crippen LogP contribution is 2.40. The van der Waals surface area contributed by atoms with Crippen LogP contribution in [0.5, 0.6) is 11.8 Å². The first-order valence-corrected chi connectivity index (χ1v) is 22.9. The van der Waals surface area contributed by atoms with Gasteiger partial charge in [0.2, 0.25) is 17.8 Å². The lowest BCUT2D eigenvalue weighted by Gasteiger charge is -2.17. The number of methoxy groups -OCH3 is 2. The number of nitrogens with two attached hydrogens (primary N) is 1. The molecular formula is C44H46N10O8S2. The van der Waals surface area contributed by atoms with Crippen LogP contribution in [-0.4, -0.2) is 73.1 Å². The summed E-state index contributed by atoms with van der Waals surface area (Å²) in [5.41, 5.74) is 11.5. The average molecular weight is 907 g/mol. The predicted octanol–water partition coefficient (Wildman–Crippen LogP) is 6.12. The zero-order valence-electron chi connectivity index (χ0n) is 36.0. The van der Waals surface area contributed by atoms with E-state index in [1.807, 2.05) is 41.1 Å². The smallest absolute Gasteiger partial charge is 0.333 e. The van der Waals surface area contributed by atoms with Crippen molar-refractivity contribution < 1.29 is 35.9 Å². The number of aryl methyl sites for hydroxylation is 6. The molecule has 0 bridgehead atoms. The Kier molecular flexibility index (Phi) is 14.5. The standard InChI is InChI=1S/C22H23N5O4S.C16H14N2O2.C6H9N3O2S/c1-13-11-14(2)25-22(24-13)32(29,30)27-21(28)26-20-17-6-4-5-15(17)7-8-18(20)16-9-10-23-19(12-16)31-3;1-20-15-9-12(7-8-17-15)14-6-5-11-3-2-4-13(11)16(14)18-10-19;1-4-3-5(2)9-6(8-4)12(7,10)11/h7-12H,4-6H2,1-3H3,(H2,26,27,28);5-9H,2-4H2,1H3;3H,1-2H3,(H2,7,10,11). The first-order valence-electron chi connectivity index (χ1n) is 19.9. The largest absolute Gasteiger partial charge is 0.481 e. The lowest BCUT2D eigenvalue weighted by Crippen LogP contribution is -2.36. The third kappa shape index (κ3) is 11.3. The number of amides is 2. The Morgan fingerprint density at radius 1 is 0.672 bits per heavy atom. The summed E-state index contributed by atoms with van der Waals surface area (Å²) in [4.78, 5) is 51.0. The Hall–Kier alpha value is -6.99. The average Bonchev–Trinajstić information content (AvgIpc) is 3.94. The highest BCUT2D eigenvalue weighted by Gasteiger charge is 2.25. The van der Waals surface area contributed by atoms with Gasteiger partial charge < -0.3 is 14.8 Å². The summed E-state index contributed by atoms with van der Waals surface area (Å²) in [6.45, 7) is 6.69. The number of pyridine rings is 2. The van der Waals surface area contributed by atoms with Gasteiger partial charge >= 0.3 is 16.1 Å². The van der Waals surface area contributed by atoms with Crippen molar-refractivity contribution in [2.24, 2.45) is 10.1 Å². The predicted molar refractivity (Wildman–Crippen MR) is 238 cm³/mol. The van der Waals surface area contributed by atoms with E-state index in [0.29, 0.717) is 40.2 Å².